The Bertz CT molecular complexity index is 1260. The molecule has 1 heterocycles. The van der Waals surface area contributed by atoms with Gasteiger partial charge >= 0.3 is 5.97 Å². The number of nitrogens with zero attached hydrogens (tertiary/aromatic N) is 3. The number of nitrogens with one attached hydrogen (secondary N) is 2. The molecule has 1 atom stereocenters. The van der Waals surface area contributed by atoms with Gasteiger partial charge in [-0.3, -0.25) is 9.59 Å². The fourth-order valence-corrected chi connectivity index (χ4v) is 4.68. The van der Waals surface area contributed by atoms with E-state index >= 15 is 0 Å². The predicted molar refractivity (Wildman–Crippen MR) is 140 cm³/mol. The van der Waals surface area contributed by atoms with Gasteiger partial charge in [-0.1, -0.05) is 48.8 Å². The Balaban J connectivity index is 1.70. The van der Waals surface area contributed by atoms with Gasteiger partial charge in [0.15, 0.2) is 11.0 Å². The molecule has 9 nitrogen and oxygen atoms in total. The molecule has 0 fully saturated rings. The second-order valence-electron chi connectivity index (χ2n) is 8.12. The van der Waals surface area contributed by atoms with E-state index in [1.165, 1.54) is 42.1 Å². The van der Waals surface area contributed by atoms with E-state index in [0.29, 0.717) is 33.8 Å². The number of carbonyl (C=O) groups excluding carboxylic acids is 2. The topological polar surface area (TPSA) is 126 Å². The quantitative estimate of drug-likeness (QED) is 0.298. The summed E-state index contributed by atoms with van der Waals surface area (Å²) in [5.41, 5.74) is 0.930. The van der Waals surface area contributed by atoms with Crippen molar-refractivity contribution in [3.05, 3.63) is 69.5 Å². The minimum atomic E-state index is -1.04. The van der Waals surface area contributed by atoms with Crippen LogP contribution < -0.4 is 10.6 Å². The minimum absolute atomic E-state index is 0.00977. The van der Waals surface area contributed by atoms with Crippen LogP contribution in [0.1, 0.15) is 53.4 Å². The molecule has 0 bridgehead atoms. The molecular formula is C24H25Cl2N5O4S. The number of halogens is 2. The summed E-state index contributed by atoms with van der Waals surface area (Å²) in [6, 6.07) is 10.1. The molecule has 190 valence electrons. The zero-order valence-corrected chi connectivity index (χ0v) is 22.1. The summed E-state index contributed by atoms with van der Waals surface area (Å²) in [4.78, 5) is 36.3. The van der Waals surface area contributed by atoms with Gasteiger partial charge in [-0.2, -0.15) is 0 Å². The molecule has 1 unspecified atom stereocenters. The molecule has 0 aliphatic rings. The maximum atomic E-state index is 12.9. The number of aromatic carboxylic acids is 1. The highest BCUT2D eigenvalue weighted by Gasteiger charge is 2.27. The monoisotopic (exact) mass is 549 g/mol. The van der Waals surface area contributed by atoms with Crippen LogP contribution in [0.4, 0.5) is 5.69 Å². The van der Waals surface area contributed by atoms with Crippen LogP contribution in [0.3, 0.4) is 0 Å². The average Bonchev–Trinajstić information content (AvgIpc) is 3.23. The number of carbonyl (C=O) groups is 3. The highest BCUT2D eigenvalue weighted by atomic mass is 35.5. The minimum Gasteiger partial charge on any atom is -0.478 e. The third-order valence-electron chi connectivity index (χ3n) is 5.22. The van der Waals surface area contributed by atoms with Gasteiger partial charge in [0.1, 0.15) is 0 Å². The fourth-order valence-electron chi connectivity index (χ4n) is 3.38. The zero-order valence-electron chi connectivity index (χ0n) is 19.8. The number of amides is 2. The fraction of sp³-hybridized carbons (Fsp3) is 0.292. The van der Waals surface area contributed by atoms with Crippen LogP contribution in [-0.2, 0) is 11.3 Å². The number of benzene rings is 2. The van der Waals surface area contributed by atoms with E-state index in [4.69, 9.17) is 28.3 Å². The lowest BCUT2D eigenvalue weighted by Crippen LogP contribution is -2.34. The van der Waals surface area contributed by atoms with Gasteiger partial charge in [0.25, 0.3) is 5.91 Å². The summed E-state index contributed by atoms with van der Waals surface area (Å²) in [5.74, 6) is -1.05. The Hall–Kier alpha value is -3.08. The molecule has 36 heavy (non-hydrogen) atoms. The first-order valence-electron chi connectivity index (χ1n) is 11.1. The molecule has 0 spiro atoms. The third-order valence-corrected chi connectivity index (χ3v) is 6.73. The molecule has 0 aliphatic carbocycles. The number of carboxylic acid groups (broad SMARTS) is 1. The Morgan fingerprint density at radius 2 is 1.78 bits per heavy atom. The second-order valence-corrected chi connectivity index (χ2v) is 9.91. The Morgan fingerprint density at radius 1 is 1.08 bits per heavy atom. The first-order valence-corrected chi connectivity index (χ1v) is 12.8. The van der Waals surface area contributed by atoms with Gasteiger partial charge < -0.3 is 20.3 Å². The van der Waals surface area contributed by atoms with E-state index in [0.717, 1.165) is 0 Å². The van der Waals surface area contributed by atoms with E-state index in [9.17, 15) is 14.4 Å². The number of thioether (sulfide) groups is 1. The molecule has 0 saturated carbocycles. The molecule has 2 amide bonds. The number of carboxylic acids is 1. The van der Waals surface area contributed by atoms with Crippen molar-refractivity contribution in [3.8, 4) is 0 Å². The van der Waals surface area contributed by atoms with E-state index in [1.54, 1.807) is 12.1 Å². The van der Waals surface area contributed by atoms with Crippen LogP contribution in [-0.4, -0.2) is 43.4 Å². The first kappa shape index (κ1) is 27.5. The Morgan fingerprint density at radius 3 is 2.36 bits per heavy atom. The van der Waals surface area contributed by atoms with Crippen LogP contribution in [0, 0.1) is 5.92 Å². The highest BCUT2D eigenvalue weighted by Crippen LogP contribution is 2.27. The van der Waals surface area contributed by atoms with Gasteiger partial charge in [0, 0.05) is 17.3 Å². The summed E-state index contributed by atoms with van der Waals surface area (Å²) < 4.78 is 1.86. The molecule has 0 aliphatic heterocycles. The lowest BCUT2D eigenvalue weighted by atomic mass is 10.0. The lowest BCUT2D eigenvalue weighted by Gasteiger charge is -2.22. The summed E-state index contributed by atoms with van der Waals surface area (Å²) in [6.45, 7) is 6.37. The van der Waals surface area contributed by atoms with Crippen LogP contribution >= 0.6 is 35.0 Å². The number of hydrogen-bond acceptors (Lipinski definition) is 6. The SMILES string of the molecule is CCn1c(SCC(=O)Nc2ccc(C(=O)O)cc2)nnc1C(NC(=O)c1ccc(Cl)cc1Cl)C(C)C. The average molecular weight is 550 g/mol. The van der Waals surface area contributed by atoms with Crippen molar-refractivity contribution in [2.75, 3.05) is 11.1 Å². The van der Waals surface area contributed by atoms with Crippen molar-refractivity contribution < 1.29 is 19.5 Å². The maximum Gasteiger partial charge on any atom is 0.335 e. The van der Waals surface area contributed by atoms with Gasteiger partial charge in [-0.15, -0.1) is 10.2 Å². The molecule has 3 aromatic rings. The Kier molecular flexibility index (Phi) is 9.36. The first-order chi connectivity index (χ1) is 17.1. The maximum absolute atomic E-state index is 12.9. The molecule has 1 aromatic heterocycles. The van der Waals surface area contributed by atoms with Crippen molar-refractivity contribution in [2.24, 2.45) is 5.92 Å². The van der Waals surface area contributed by atoms with Crippen molar-refractivity contribution in [3.63, 3.8) is 0 Å². The zero-order chi connectivity index (χ0) is 26.4. The number of aromatic nitrogens is 3. The summed E-state index contributed by atoms with van der Waals surface area (Å²) in [5, 5.41) is 24.5. The van der Waals surface area contributed by atoms with Crippen molar-refractivity contribution >= 4 is 58.4 Å². The Labute approximate surface area is 222 Å². The van der Waals surface area contributed by atoms with Gasteiger partial charge in [-0.25, -0.2) is 4.79 Å². The van der Waals surface area contributed by atoms with Crippen LogP contribution in [0.25, 0.3) is 0 Å². The van der Waals surface area contributed by atoms with E-state index in [-0.39, 0.29) is 34.1 Å². The van der Waals surface area contributed by atoms with Crippen LogP contribution in [0.15, 0.2) is 47.6 Å². The molecule has 0 radical (unpaired) electrons. The second kappa shape index (κ2) is 12.2. The van der Waals surface area contributed by atoms with Gasteiger partial charge in [0.05, 0.1) is 27.9 Å². The van der Waals surface area contributed by atoms with Crippen LogP contribution in [0.2, 0.25) is 10.0 Å². The largest absolute Gasteiger partial charge is 0.478 e. The van der Waals surface area contributed by atoms with Crippen molar-refractivity contribution in [1.82, 2.24) is 20.1 Å². The van der Waals surface area contributed by atoms with Crippen LogP contribution in [0.5, 0.6) is 0 Å². The number of hydrogen-bond donors (Lipinski definition) is 3. The normalized spacial score (nSPS) is 11.8. The smallest absolute Gasteiger partial charge is 0.335 e. The third kappa shape index (κ3) is 6.77. The molecule has 0 saturated heterocycles. The number of rotatable bonds is 10. The van der Waals surface area contributed by atoms with Gasteiger partial charge in [0.2, 0.25) is 5.91 Å². The molecule has 3 rings (SSSR count). The van der Waals surface area contributed by atoms with Crippen molar-refractivity contribution in [2.45, 2.75) is 38.5 Å². The lowest BCUT2D eigenvalue weighted by molar-refractivity contribution is -0.113. The molecule has 12 heteroatoms. The van der Waals surface area contributed by atoms with Crippen molar-refractivity contribution in [1.29, 1.82) is 0 Å². The molecule has 2 aromatic carbocycles. The summed E-state index contributed by atoms with van der Waals surface area (Å²) in [6.07, 6.45) is 0. The summed E-state index contributed by atoms with van der Waals surface area (Å²) in [7, 11) is 0. The predicted octanol–water partition coefficient (Wildman–Crippen LogP) is 5.16. The van der Waals surface area contributed by atoms with E-state index in [1.807, 2.05) is 25.3 Å². The summed E-state index contributed by atoms with van der Waals surface area (Å²) >= 11 is 13.4. The highest BCUT2D eigenvalue weighted by molar-refractivity contribution is 7.99. The molecular weight excluding hydrogens is 525 g/mol. The van der Waals surface area contributed by atoms with Gasteiger partial charge in [-0.05, 0) is 55.3 Å². The standard InChI is InChI=1S/C24H25Cl2N5O4S/c1-4-31-21(20(13(2)3)28-22(33)17-10-7-15(25)11-18(17)26)29-30-24(31)36-12-19(32)27-16-8-5-14(6-9-16)23(34)35/h5-11,13,20H,4,12H2,1-3H3,(H,27,32)(H,28,33)(H,34,35). The van der Waals surface area contributed by atoms with E-state index in [2.05, 4.69) is 20.8 Å². The number of anilines is 1. The molecule has 3 N–H and O–H groups in total. The van der Waals surface area contributed by atoms with E-state index < -0.39 is 12.0 Å².